The zero-order valence-corrected chi connectivity index (χ0v) is 24.5. The van der Waals surface area contributed by atoms with Crippen LogP contribution in [-0.4, -0.2) is 44.3 Å². The van der Waals surface area contributed by atoms with Crippen LogP contribution in [0, 0.1) is 12.7 Å². The van der Waals surface area contributed by atoms with Gasteiger partial charge in [0.2, 0.25) is 11.8 Å². The summed E-state index contributed by atoms with van der Waals surface area (Å²) in [4.78, 5) is 28.4. The molecule has 0 aliphatic heterocycles. The topological polar surface area (TPSA) is 86.8 Å². The van der Waals surface area contributed by atoms with Crippen LogP contribution in [-0.2, 0) is 26.2 Å². The summed E-state index contributed by atoms with van der Waals surface area (Å²) in [5.74, 6) is -1.82. The van der Waals surface area contributed by atoms with Gasteiger partial charge in [-0.25, -0.2) is 12.8 Å². The Morgan fingerprint density at radius 2 is 1.62 bits per heavy atom. The molecule has 0 bridgehead atoms. The van der Waals surface area contributed by atoms with Crippen molar-refractivity contribution >= 4 is 39.1 Å². The number of hydrogen-bond donors (Lipinski definition) is 1. The van der Waals surface area contributed by atoms with Crippen LogP contribution in [0.15, 0.2) is 77.7 Å². The molecular weight excluding hydrogens is 553 g/mol. The number of nitrogens with one attached hydrogen (secondary N) is 1. The standard InChI is InChI=1S/C30H35ClFN3O4S/c1-4-6-19-33-30(37)27(5-2)34(20-23-11-7-8-12-25(23)31)29(36)21-35(28-14-10-9-13-26(28)32)40(38,39)24-17-15-22(3)16-18-24/h7-18,27H,4-6,19-21H2,1-3H3,(H,33,37)/t27-/m0/s1. The number of benzene rings is 3. The van der Waals surface area contributed by atoms with Crippen LogP contribution in [0.2, 0.25) is 5.02 Å². The van der Waals surface area contributed by atoms with E-state index in [1.165, 1.54) is 35.2 Å². The Hall–Kier alpha value is -3.43. The number of halogens is 2. The monoisotopic (exact) mass is 587 g/mol. The number of anilines is 1. The van der Waals surface area contributed by atoms with Gasteiger partial charge in [0.15, 0.2) is 0 Å². The number of unbranched alkanes of at least 4 members (excludes halogenated alkanes) is 1. The van der Waals surface area contributed by atoms with Crippen molar-refractivity contribution in [2.45, 2.75) is 57.5 Å². The van der Waals surface area contributed by atoms with E-state index in [1.54, 1.807) is 43.3 Å². The molecule has 0 spiro atoms. The van der Waals surface area contributed by atoms with Crippen LogP contribution in [0.1, 0.15) is 44.2 Å². The normalized spacial score (nSPS) is 12.0. The van der Waals surface area contributed by atoms with Gasteiger partial charge >= 0.3 is 0 Å². The van der Waals surface area contributed by atoms with Gasteiger partial charge in [-0.2, -0.15) is 0 Å². The average molecular weight is 588 g/mol. The number of amides is 2. The molecule has 0 aromatic heterocycles. The van der Waals surface area contributed by atoms with Gasteiger partial charge < -0.3 is 10.2 Å². The van der Waals surface area contributed by atoms with Crippen molar-refractivity contribution in [1.82, 2.24) is 10.2 Å². The minimum atomic E-state index is -4.35. The highest BCUT2D eigenvalue weighted by molar-refractivity contribution is 7.92. The summed E-state index contributed by atoms with van der Waals surface area (Å²) in [6.45, 7) is 5.28. The molecule has 1 atom stereocenters. The number of hydrogen-bond acceptors (Lipinski definition) is 4. The van der Waals surface area contributed by atoms with Crippen molar-refractivity contribution in [2.75, 3.05) is 17.4 Å². The van der Waals surface area contributed by atoms with Crippen LogP contribution in [0.4, 0.5) is 10.1 Å². The van der Waals surface area contributed by atoms with E-state index >= 15 is 4.39 Å². The van der Waals surface area contributed by atoms with Crippen molar-refractivity contribution in [2.24, 2.45) is 0 Å². The van der Waals surface area contributed by atoms with Gasteiger partial charge in [-0.05, 0) is 55.7 Å². The highest BCUT2D eigenvalue weighted by Crippen LogP contribution is 2.28. The Morgan fingerprint density at radius 1 is 0.975 bits per heavy atom. The molecule has 0 aliphatic rings. The largest absolute Gasteiger partial charge is 0.354 e. The molecular formula is C30H35ClFN3O4S. The Bertz CT molecular complexity index is 1420. The first-order chi connectivity index (χ1) is 19.1. The zero-order chi connectivity index (χ0) is 29.3. The SMILES string of the molecule is CCCCNC(=O)[C@H](CC)N(Cc1ccccc1Cl)C(=O)CN(c1ccccc1F)S(=O)(=O)c1ccc(C)cc1. The molecule has 0 saturated carbocycles. The zero-order valence-electron chi connectivity index (χ0n) is 22.9. The number of rotatable bonds is 13. The lowest BCUT2D eigenvalue weighted by Crippen LogP contribution is -2.52. The third-order valence-corrected chi connectivity index (χ3v) is 8.67. The summed E-state index contributed by atoms with van der Waals surface area (Å²) < 4.78 is 43.4. The van der Waals surface area contributed by atoms with Crippen molar-refractivity contribution in [1.29, 1.82) is 0 Å². The fourth-order valence-electron chi connectivity index (χ4n) is 4.24. The van der Waals surface area contributed by atoms with E-state index in [1.807, 2.05) is 13.8 Å². The lowest BCUT2D eigenvalue weighted by molar-refractivity contribution is -0.140. The van der Waals surface area contributed by atoms with Crippen molar-refractivity contribution in [3.05, 3.63) is 94.8 Å². The fraction of sp³-hybridized carbons (Fsp3) is 0.333. The van der Waals surface area contributed by atoms with Gasteiger partial charge in [-0.1, -0.05) is 79.9 Å². The maximum atomic E-state index is 15.0. The van der Waals surface area contributed by atoms with Crippen LogP contribution >= 0.6 is 11.6 Å². The number of sulfonamides is 1. The summed E-state index contributed by atoms with van der Waals surface area (Å²) in [5.41, 5.74) is 1.17. The Labute approximate surface area is 241 Å². The van der Waals surface area contributed by atoms with Gasteiger partial charge in [-0.3, -0.25) is 13.9 Å². The molecule has 3 aromatic carbocycles. The molecule has 1 N–H and O–H groups in total. The first-order valence-corrected chi connectivity index (χ1v) is 15.1. The van der Waals surface area contributed by atoms with E-state index in [-0.39, 0.29) is 29.5 Å². The maximum absolute atomic E-state index is 15.0. The third kappa shape index (κ3) is 7.61. The van der Waals surface area contributed by atoms with Crippen molar-refractivity contribution in [3.8, 4) is 0 Å². The lowest BCUT2D eigenvalue weighted by Gasteiger charge is -2.33. The summed E-state index contributed by atoms with van der Waals surface area (Å²) >= 11 is 6.40. The highest BCUT2D eigenvalue weighted by atomic mass is 35.5. The molecule has 0 heterocycles. The van der Waals surface area contributed by atoms with Crippen molar-refractivity contribution in [3.63, 3.8) is 0 Å². The van der Waals surface area contributed by atoms with Crippen LogP contribution in [0.25, 0.3) is 0 Å². The number of carbonyl (C=O) groups excluding carboxylic acids is 2. The summed E-state index contributed by atoms with van der Waals surface area (Å²) in [6.07, 6.45) is 1.93. The number of para-hydroxylation sites is 1. The molecule has 0 radical (unpaired) electrons. The van der Waals surface area contributed by atoms with E-state index < -0.39 is 34.3 Å². The van der Waals surface area contributed by atoms with E-state index in [0.717, 1.165) is 28.8 Å². The van der Waals surface area contributed by atoms with Gasteiger partial charge in [0.1, 0.15) is 18.4 Å². The second-order valence-electron chi connectivity index (χ2n) is 9.46. The first-order valence-electron chi connectivity index (χ1n) is 13.2. The predicted molar refractivity (Wildman–Crippen MR) is 156 cm³/mol. The number of aryl methyl sites for hydroxylation is 1. The quantitative estimate of drug-likeness (QED) is 0.260. The van der Waals surface area contributed by atoms with Crippen LogP contribution in [0.3, 0.4) is 0 Å². The Morgan fingerprint density at radius 3 is 2.25 bits per heavy atom. The lowest BCUT2D eigenvalue weighted by atomic mass is 10.1. The molecule has 2 amide bonds. The minimum absolute atomic E-state index is 0.0338. The molecule has 40 heavy (non-hydrogen) atoms. The third-order valence-electron chi connectivity index (χ3n) is 6.52. The maximum Gasteiger partial charge on any atom is 0.264 e. The molecule has 0 saturated heterocycles. The fourth-order valence-corrected chi connectivity index (χ4v) is 5.86. The van der Waals surface area contributed by atoms with Gasteiger partial charge in [0, 0.05) is 18.1 Å². The molecule has 0 fully saturated rings. The molecule has 0 aliphatic carbocycles. The van der Waals surface area contributed by atoms with E-state index in [9.17, 15) is 18.0 Å². The van der Waals surface area contributed by atoms with Crippen LogP contribution < -0.4 is 9.62 Å². The van der Waals surface area contributed by atoms with Gasteiger partial charge in [0.05, 0.1) is 10.6 Å². The highest BCUT2D eigenvalue weighted by Gasteiger charge is 2.34. The van der Waals surface area contributed by atoms with E-state index in [2.05, 4.69) is 5.32 Å². The molecule has 0 unspecified atom stereocenters. The van der Waals surface area contributed by atoms with E-state index in [4.69, 9.17) is 11.6 Å². The summed E-state index contributed by atoms with van der Waals surface area (Å²) in [6, 6.07) is 17.5. The number of nitrogens with zero attached hydrogens (tertiary/aromatic N) is 2. The van der Waals surface area contributed by atoms with E-state index in [0.29, 0.717) is 17.1 Å². The van der Waals surface area contributed by atoms with Crippen LogP contribution in [0.5, 0.6) is 0 Å². The second kappa shape index (κ2) is 14.3. The Balaban J connectivity index is 2.06. The van der Waals surface area contributed by atoms with Crippen molar-refractivity contribution < 1.29 is 22.4 Å². The van der Waals surface area contributed by atoms with Gasteiger partial charge in [0.25, 0.3) is 10.0 Å². The average Bonchev–Trinajstić information content (AvgIpc) is 2.93. The summed E-state index contributed by atoms with van der Waals surface area (Å²) in [5, 5.41) is 3.27. The molecule has 3 aromatic rings. The summed E-state index contributed by atoms with van der Waals surface area (Å²) in [7, 11) is -4.35. The predicted octanol–water partition coefficient (Wildman–Crippen LogP) is 5.71. The van der Waals surface area contributed by atoms with Gasteiger partial charge in [-0.15, -0.1) is 0 Å². The number of carbonyl (C=O) groups is 2. The molecule has 214 valence electrons. The smallest absolute Gasteiger partial charge is 0.264 e. The second-order valence-corrected chi connectivity index (χ2v) is 11.7. The molecule has 3 rings (SSSR count). The molecule has 7 nitrogen and oxygen atoms in total. The first kappa shape index (κ1) is 31.1. The molecule has 10 heteroatoms. The Kier molecular flexibility index (Phi) is 11.1. The minimum Gasteiger partial charge on any atom is -0.354 e.